The lowest BCUT2D eigenvalue weighted by atomic mass is 9.94. The zero-order valence-electron chi connectivity index (χ0n) is 30.4. The highest BCUT2D eigenvalue weighted by Gasteiger charge is 2.15. The third-order valence-corrected chi connectivity index (χ3v) is 10.3. The van der Waals surface area contributed by atoms with Crippen LogP contribution >= 0.6 is 0 Å². The predicted molar refractivity (Wildman–Crippen MR) is 231 cm³/mol. The van der Waals surface area contributed by atoms with Gasteiger partial charge in [-0.1, -0.05) is 188 Å². The number of pyridine rings is 1. The minimum atomic E-state index is 0.630. The molecule has 0 atom stereocenters. The lowest BCUT2D eigenvalue weighted by Gasteiger charge is -2.13. The van der Waals surface area contributed by atoms with Crippen molar-refractivity contribution in [1.29, 1.82) is 0 Å². The van der Waals surface area contributed by atoms with E-state index in [1.54, 1.807) is 0 Å². The molecular weight excluding hydrogens is 681 g/mol. The van der Waals surface area contributed by atoms with Gasteiger partial charge in [0.05, 0.1) is 11.2 Å². The van der Waals surface area contributed by atoms with Crippen LogP contribution in [0.2, 0.25) is 0 Å². The predicted octanol–water partition coefficient (Wildman–Crippen LogP) is 13.2. The maximum Gasteiger partial charge on any atom is 0.164 e. The van der Waals surface area contributed by atoms with Crippen LogP contribution in [0.25, 0.3) is 100 Å². The summed E-state index contributed by atoms with van der Waals surface area (Å²) in [6, 6.07) is 71.7. The van der Waals surface area contributed by atoms with Gasteiger partial charge in [-0.25, -0.2) is 19.9 Å². The molecule has 10 rings (SSSR count). The summed E-state index contributed by atoms with van der Waals surface area (Å²) in [7, 11) is 0. The highest BCUT2D eigenvalue weighted by Crippen LogP contribution is 2.37. The smallest absolute Gasteiger partial charge is 0.164 e. The van der Waals surface area contributed by atoms with Crippen molar-refractivity contribution >= 4 is 21.7 Å². The molecule has 0 N–H and O–H groups in total. The fourth-order valence-corrected chi connectivity index (χ4v) is 7.46. The summed E-state index contributed by atoms with van der Waals surface area (Å²) in [6.45, 7) is 0. The number of rotatable bonds is 7. The van der Waals surface area contributed by atoms with Crippen LogP contribution in [0.3, 0.4) is 0 Å². The largest absolute Gasteiger partial charge is 0.248 e. The molecule has 56 heavy (non-hydrogen) atoms. The van der Waals surface area contributed by atoms with Gasteiger partial charge < -0.3 is 0 Å². The van der Waals surface area contributed by atoms with Crippen LogP contribution in [0.4, 0.5) is 0 Å². The Morgan fingerprint density at radius 2 is 0.732 bits per heavy atom. The molecule has 10 aromatic rings. The third-order valence-electron chi connectivity index (χ3n) is 10.3. The van der Waals surface area contributed by atoms with Gasteiger partial charge in [-0.2, -0.15) is 0 Å². The Morgan fingerprint density at radius 1 is 0.268 bits per heavy atom. The second-order valence-electron chi connectivity index (χ2n) is 13.9. The average Bonchev–Trinajstić information content (AvgIpc) is 3.29. The third kappa shape index (κ3) is 6.40. The van der Waals surface area contributed by atoms with Gasteiger partial charge in [0.15, 0.2) is 17.5 Å². The fraction of sp³-hybridized carbons (Fsp3) is 0. The quantitative estimate of drug-likeness (QED) is 0.154. The van der Waals surface area contributed by atoms with Crippen molar-refractivity contribution in [1.82, 2.24) is 19.9 Å². The molecule has 0 fully saturated rings. The van der Waals surface area contributed by atoms with Crippen LogP contribution in [0.1, 0.15) is 0 Å². The van der Waals surface area contributed by atoms with Gasteiger partial charge in [0.25, 0.3) is 0 Å². The molecule has 8 aromatic carbocycles. The highest BCUT2D eigenvalue weighted by atomic mass is 15.0. The van der Waals surface area contributed by atoms with E-state index in [0.29, 0.717) is 17.5 Å². The van der Waals surface area contributed by atoms with Crippen LogP contribution in [-0.4, -0.2) is 19.9 Å². The molecule has 0 amide bonds. The van der Waals surface area contributed by atoms with Gasteiger partial charge in [0.2, 0.25) is 0 Å². The van der Waals surface area contributed by atoms with Crippen LogP contribution < -0.4 is 0 Å². The molecule has 0 radical (unpaired) electrons. The van der Waals surface area contributed by atoms with E-state index in [-0.39, 0.29) is 0 Å². The van der Waals surface area contributed by atoms with Gasteiger partial charge in [0.1, 0.15) is 0 Å². The van der Waals surface area contributed by atoms with Crippen molar-refractivity contribution in [3.05, 3.63) is 206 Å². The van der Waals surface area contributed by atoms with Crippen molar-refractivity contribution in [2.24, 2.45) is 0 Å². The van der Waals surface area contributed by atoms with E-state index in [1.807, 2.05) is 36.4 Å². The summed E-state index contributed by atoms with van der Waals surface area (Å²) in [5.74, 6) is 1.91. The number of hydrogen-bond donors (Lipinski definition) is 0. The summed E-state index contributed by atoms with van der Waals surface area (Å²) in [4.78, 5) is 20.1. The fourth-order valence-electron chi connectivity index (χ4n) is 7.46. The van der Waals surface area contributed by atoms with E-state index in [9.17, 15) is 0 Å². The molecule has 0 aliphatic heterocycles. The molecule has 0 unspecified atom stereocenters. The first kappa shape index (κ1) is 33.0. The van der Waals surface area contributed by atoms with Crippen molar-refractivity contribution < 1.29 is 0 Å². The Labute approximate surface area is 325 Å². The minimum Gasteiger partial charge on any atom is -0.248 e. The summed E-state index contributed by atoms with van der Waals surface area (Å²) >= 11 is 0. The summed E-state index contributed by atoms with van der Waals surface area (Å²) in [6.07, 6.45) is 0. The van der Waals surface area contributed by atoms with E-state index < -0.39 is 0 Å². The van der Waals surface area contributed by atoms with Crippen molar-refractivity contribution in [2.45, 2.75) is 0 Å². The van der Waals surface area contributed by atoms with Gasteiger partial charge in [-0.05, 0) is 62.4 Å². The number of aromatic nitrogens is 4. The monoisotopic (exact) mass is 714 g/mol. The molecular formula is C52H34N4. The van der Waals surface area contributed by atoms with Crippen molar-refractivity contribution in [2.75, 3.05) is 0 Å². The van der Waals surface area contributed by atoms with Gasteiger partial charge in [-0.3, -0.25) is 0 Å². The lowest BCUT2D eigenvalue weighted by molar-refractivity contribution is 1.07. The SMILES string of the molecule is c1ccc(-c2cccc(-c3nc(-c4ccccc4)nc(-c4ccc(-c5ccc(-c6cc(-c7ccccc7)c7c(ccc8ccccc87)n6)cc5)cc4)n3)c2)cc1. The number of benzene rings is 8. The zero-order valence-corrected chi connectivity index (χ0v) is 30.4. The molecule has 0 saturated carbocycles. The van der Waals surface area contributed by atoms with Gasteiger partial charge in [0, 0.05) is 27.6 Å². The normalized spacial score (nSPS) is 11.2. The minimum absolute atomic E-state index is 0.630. The summed E-state index contributed by atoms with van der Waals surface area (Å²) in [5, 5.41) is 3.60. The molecule has 2 heterocycles. The van der Waals surface area contributed by atoms with E-state index >= 15 is 0 Å². The van der Waals surface area contributed by atoms with E-state index in [2.05, 4.69) is 170 Å². The maximum absolute atomic E-state index is 5.19. The Hall–Kier alpha value is -7.56. The second kappa shape index (κ2) is 14.3. The van der Waals surface area contributed by atoms with Crippen molar-refractivity contribution in [3.63, 3.8) is 0 Å². The Morgan fingerprint density at radius 3 is 1.39 bits per heavy atom. The van der Waals surface area contributed by atoms with E-state index in [0.717, 1.165) is 55.7 Å². The summed E-state index contributed by atoms with van der Waals surface area (Å²) < 4.78 is 0. The molecule has 262 valence electrons. The standard InChI is InChI=1S/C52H34N4/c1-4-13-35(14-5-1)43-20-12-21-44(33-43)52-55-50(41-18-8-3-9-19-41)54-51(56-52)42-29-25-37(26-30-42)36-23-27-40(28-24-36)48-34-46(38-15-6-2-7-16-38)49-45-22-11-10-17-39(45)31-32-47(49)53-48/h1-34H. The molecule has 4 nitrogen and oxygen atoms in total. The first-order chi connectivity index (χ1) is 27.7. The maximum atomic E-state index is 5.19. The highest BCUT2D eigenvalue weighted by molar-refractivity contribution is 6.13. The van der Waals surface area contributed by atoms with Crippen molar-refractivity contribution in [3.8, 4) is 78.8 Å². The number of hydrogen-bond acceptors (Lipinski definition) is 4. The molecule has 0 saturated heterocycles. The lowest BCUT2D eigenvalue weighted by Crippen LogP contribution is -2.00. The first-order valence-electron chi connectivity index (χ1n) is 18.8. The molecule has 0 bridgehead atoms. The molecule has 2 aromatic heterocycles. The zero-order chi connectivity index (χ0) is 37.3. The summed E-state index contributed by atoms with van der Waals surface area (Å²) in [5.41, 5.74) is 12.7. The average molecular weight is 715 g/mol. The van der Waals surface area contributed by atoms with E-state index in [1.165, 1.54) is 27.3 Å². The van der Waals surface area contributed by atoms with Crippen LogP contribution in [-0.2, 0) is 0 Å². The molecule has 0 aliphatic rings. The van der Waals surface area contributed by atoms with Gasteiger partial charge >= 0.3 is 0 Å². The number of nitrogens with zero attached hydrogens (tertiary/aromatic N) is 4. The van der Waals surface area contributed by atoms with Crippen LogP contribution in [0.5, 0.6) is 0 Å². The van der Waals surface area contributed by atoms with Gasteiger partial charge in [-0.15, -0.1) is 0 Å². The van der Waals surface area contributed by atoms with Crippen LogP contribution in [0, 0.1) is 0 Å². The Balaban J connectivity index is 0.988. The Kier molecular flexibility index (Phi) is 8.47. The Bertz CT molecular complexity index is 2980. The van der Waals surface area contributed by atoms with Crippen LogP contribution in [0.15, 0.2) is 206 Å². The molecule has 0 spiro atoms. The first-order valence-corrected chi connectivity index (χ1v) is 18.8. The van der Waals surface area contributed by atoms with E-state index in [4.69, 9.17) is 19.9 Å². The molecule has 0 aliphatic carbocycles. The second-order valence-corrected chi connectivity index (χ2v) is 13.9. The topological polar surface area (TPSA) is 51.6 Å². The number of fused-ring (bicyclic) bond motifs is 3. The molecule has 4 heteroatoms.